The van der Waals surface area contributed by atoms with Crippen LogP contribution in [-0.4, -0.2) is 16.2 Å². The van der Waals surface area contributed by atoms with E-state index in [0.717, 1.165) is 17.7 Å². The summed E-state index contributed by atoms with van der Waals surface area (Å²) in [6, 6.07) is 8.04. The minimum absolute atomic E-state index is 0.135. The second kappa shape index (κ2) is 6.52. The number of aromatic nitrogens is 2. The van der Waals surface area contributed by atoms with Gasteiger partial charge in [-0.25, -0.2) is 0 Å². The third-order valence-electron chi connectivity index (χ3n) is 2.80. The molecule has 0 saturated carbocycles. The Kier molecular flexibility index (Phi) is 4.74. The molecule has 2 aromatic rings. The average molecular weight is 275 g/mol. The van der Waals surface area contributed by atoms with Crippen molar-refractivity contribution in [3.63, 3.8) is 0 Å². The highest BCUT2D eigenvalue weighted by Gasteiger charge is 2.10. The highest BCUT2D eigenvalue weighted by molar-refractivity contribution is 5.29. The Labute approximate surface area is 119 Å². The second-order valence-corrected chi connectivity index (χ2v) is 5.32. The van der Waals surface area contributed by atoms with E-state index in [2.05, 4.69) is 10.1 Å². The van der Waals surface area contributed by atoms with Crippen molar-refractivity contribution in [2.45, 2.75) is 45.8 Å². The molecule has 0 aliphatic rings. The van der Waals surface area contributed by atoms with Gasteiger partial charge < -0.3 is 15.0 Å². The Morgan fingerprint density at radius 2 is 2.10 bits per heavy atom. The van der Waals surface area contributed by atoms with E-state index in [1.807, 2.05) is 45.0 Å². The largest absolute Gasteiger partial charge is 0.485 e. The van der Waals surface area contributed by atoms with Crippen molar-refractivity contribution < 1.29 is 9.26 Å². The molecule has 0 aliphatic carbocycles. The second-order valence-electron chi connectivity index (χ2n) is 5.32. The molecule has 5 heteroatoms. The number of nitrogens with zero attached hydrogens (tertiary/aromatic N) is 2. The van der Waals surface area contributed by atoms with Gasteiger partial charge in [-0.1, -0.05) is 31.1 Å². The van der Waals surface area contributed by atoms with Crippen LogP contribution in [0.25, 0.3) is 0 Å². The molecular weight excluding hydrogens is 254 g/mol. The predicted octanol–water partition coefficient (Wildman–Crippen LogP) is 2.66. The lowest BCUT2D eigenvalue weighted by Gasteiger charge is -2.08. The molecule has 5 nitrogen and oxygen atoms in total. The van der Waals surface area contributed by atoms with E-state index < -0.39 is 0 Å². The van der Waals surface area contributed by atoms with Crippen molar-refractivity contribution in [2.24, 2.45) is 5.73 Å². The fourth-order valence-corrected chi connectivity index (χ4v) is 1.84. The minimum atomic E-state index is 0.135. The quantitative estimate of drug-likeness (QED) is 0.877. The van der Waals surface area contributed by atoms with Gasteiger partial charge in [-0.3, -0.25) is 0 Å². The summed E-state index contributed by atoms with van der Waals surface area (Å²) in [5.74, 6) is 2.21. The maximum Gasteiger partial charge on any atom is 0.229 e. The molecule has 1 heterocycles. The van der Waals surface area contributed by atoms with Crippen LogP contribution >= 0.6 is 0 Å². The maximum absolute atomic E-state index is 5.80. The molecule has 0 amide bonds. The fraction of sp³-hybridized carbons (Fsp3) is 0.467. The molecule has 0 spiro atoms. The number of hydrogen-bond acceptors (Lipinski definition) is 5. The maximum atomic E-state index is 5.80. The number of rotatable bonds is 6. The Hall–Kier alpha value is -1.88. The van der Waals surface area contributed by atoms with E-state index in [9.17, 15) is 0 Å². The Bertz CT molecular complexity index is 550. The first-order chi connectivity index (χ1) is 9.54. The van der Waals surface area contributed by atoms with E-state index in [1.54, 1.807) is 0 Å². The van der Waals surface area contributed by atoms with E-state index >= 15 is 0 Å². The number of benzene rings is 1. The molecule has 20 heavy (non-hydrogen) atoms. The minimum Gasteiger partial charge on any atom is -0.485 e. The smallest absolute Gasteiger partial charge is 0.229 e. The van der Waals surface area contributed by atoms with E-state index in [-0.39, 0.29) is 12.0 Å². The van der Waals surface area contributed by atoms with Crippen molar-refractivity contribution in [3.8, 4) is 5.75 Å². The van der Waals surface area contributed by atoms with Gasteiger partial charge in [0.05, 0.1) is 0 Å². The number of hydrogen-bond donors (Lipinski definition) is 1. The van der Waals surface area contributed by atoms with Crippen LogP contribution < -0.4 is 10.5 Å². The van der Waals surface area contributed by atoms with Crippen molar-refractivity contribution >= 4 is 0 Å². The molecule has 1 aromatic carbocycles. The van der Waals surface area contributed by atoms with Crippen LogP contribution in [0.5, 0.6) is 5.75 Å². The molecule has 1 atom stereocenters. The van der Waals surface area contributed by atoms with Crippen LogP contribution in [0.3, 0.4) is 0 Å². The monoisotopic (exact) mass is 275 g/mol. The first-order valence-electron chi connectivity index (χ1n) is 6.84. The molecule has 0 bridgehead atoms. The lowest BCUT2D eigenvalue weighted by atomic mass is 10.1. The zero-order chi connectivity index (χ0) is 14.5. The fourth-order valence-electron chi connectivity index (χ4n) is 1.84. The van der Waals surface area contributed by atoms with Crippen molar-refractivity contribution in [3.05, 3.63) is 41.5 Å². The first kappa shape index (κ1) is 14.5. The zero-order valence-electron chi connectivity index (χ0n) is 12.2. The van der Waals surface area contributed by atoms with Crippen molar-refractivity contribution in [2.75, 3.05) is 0 Å². The summed E-state index contributed by atoms with van der Waals surface area (Å²) in [4.78, 5) is 4.27. The van der Waals surface area contributed by atoms with Crippen LogP contribution in [-0.2, 0) is 13.0 Å². The molecule has 0 aliphatic heterocycles. The molecule has 1 unspecified atom stereocenters. The normalized spacial score (nSPS) is 12.7. The number of nitrogens with two attached hydrogens (primary N) is 1. The van der Waals surface area contributed by atoms with Crippen LogP contribution in [0.1, 0.15) is 44.0 Å². The molecule has 0 radical (unpaired) electrons. The summed E-state index contributed by atoms with van der Waals surface area (Å²) < 4.78 is 10.8. The van der Waals surface area contributed by atoms with Gasteiger partial charge in [-0.2, -0.15) is 4.98 Å². The van der Waals surface area contributed by atoms with Crippen molar-refractivity contribution in [1.29, 1.82) is 0 Å². The van der Waals surface area contributed by atoms with E-state index in [1.165, 1.54) is 0 Å². The van der Waals surface area contributed by atoms with Crippen LogP contribution in [0, 0.1) is 0 Å². The van der Waals surface area contributed by atoms with Gasteiger partial charge in [0.15, 0.2) is 6.61 Å². The Morgan fingerprint density at radius 3 is 2.75 bits per heavy atom. The van der Waals surface area contributed by atoms with Gasteiger partial charge >= 0.3 is 0 Å². The van der Waals surface area contributed by atoms with Crippen LogP contribution in [0.4, 0.5) is 0 Å². The van der Waals surface area contributed by atoms with Crippen molar-refractivity contribution in [1.82, 2.24) is 10.1 Å². The molecule has 108 valence electrons. The van der Waals surface area contributed by atoms with Gasteiger partial charge in [0.1, 0.15) is 5.75 Å². The average Bonchev–Trinajstić information content (AvgIpc) is 2.85. The predicted molar refractivity (Wildman–Crippen MR) is 76.5 cm³/mol. The van der Waals surface area contributed by atoms with Gasteiger partial charge in [0.25, 0.3) is 0 Å². The molecule has 0 saturated heterocycles. The molecule has 0 fully saturated rings. The SMILES string of the molecule is CC(N)Cc1cccc(OCc2noc(C(C)C)n2)c1. The lowest BCUT2D eigenvalue weighted by Crippen LogP contribution is -2.17. The van der Waals surface area contributed by atoms with Crippen LogP contribution in [0.2, 0.25) is 0 Å². The lowest BCUT2D eigenvalue weighted by molar-refractivity contribution is 0.284. The summed E-state index contributed by atoms with van der Waals surface area (Å²) in [6.07, 6.45) is 0.830. The highest BCUT2D eigenvalue weighted by Crippen LogP contribution is 2.16. The van der Waals surface area contributed by atoms with E-state index in [4.69, 9.17) is 15.0 Å². The summed E-state index contributed by atoms with van der Waals surface area (Å²) in [5, 5.41) is 3.89. The summed E-state index contributed by atoms with van der Waals surface area (Å²) in [7, 11) is 0. The molecule has 1 aromatic heterocycles. The van der Waals surface area contributed by atoms with E-state index in [0.29, 0.717) is 18.3 Å². The highest BCUT2D eigenvalue weighted by atomic mass is 16.5. The van der Waals surface area contributed by atoms with Crippen LogP contribution in [0.15, 0.2) is 28.8 Å². The molecule has 2 rings (SSSR count). The van der Waals surface area contributed by atoms with Gasteiger partial charge in [0, 0.05) is 12.0 Å². The third kappa shape index (κ3) is 4.06. The zero-order valence-corrected chi connectivity index (χ0v) is 12.2. The first-order valence-corrected chi connectivity index (χ1v) is 6.84. The molecule has 2 N–H and O–H groups in total. The van der Waals surface area contributed by atoms with Gasteiger partial charge in [-0.05, 0) is 31.0 Å². The summed E-state index contributed by atoms with van der Waals surface area (Å²) in [6.45, 7) is 6.31. The molecular formula is C15H21N3O2. The Morgan fingerprint density at radius 1 is 1.30 bits per heavy atom. The van der Waals surface area contributed by atoms with Gasteiger partial charge in [-0.15, -0.1) is 0 Å². The summed E-state index contributed by atoms with van der Waals surface area (Å²) >= 11 is 0. The number of ether oxygens (including phenoxy) is 1. The van der Waals surface area contributed by atoms with Gasteiger partial charge in [0.2, 0.25) is 11.7 Å². The standard InChI is InChI=1S/C15H21N3O2/c1-10(2)15-17-14(18-20-15)9-19-13-6-4-5-12(8-13)7-11(3)16/h4-6,8,10-11H,7,9,16H2,1-3H3. The Balaban J connectivity index is 1.96. The topological polar surface area (TPSA) is 74.2 Å². The summed E-state index contributed by atoms with van der Waals surface area (Å²) in [5.41, 5.74) is 6.96. The third-order valence-corrected chi connectivity index (χ3v) is 2.80.